The summed E-state index contributed by atoms with van der Waals surface area (Å²) in [7, 11) is 0. The van der Waals surface area contributed by atoms with E-state index in [1.165, 1.54) is 0 Å². The highest BCUT2D eigenvalue weighted by molar-refractivity contribution is 9.10. The zero-order valence-electron chi connectivity index (χ0n) is 11.3. The van der Waals surface area contributed by atoms with Crippen LogP contribution in [0.5, 0.6) is 0 Å². The molecule has 0 radical (unpaired) electrons. The number of anilines is 1. The number of rotatable bonds is 2. The summed E-state index contributed by atoms with van der Waals surface area (Å²) < 4.78 is 6.51. The summed E-state index contributed by atoms with van der Waals surface area (Å²) in [4.78, 5) is 25.9. The molecule has 0 N–H and O–H groups in total. The highest BCUT2D eigenvalue weighted by atomic mass is 79.9. The SMILES string of the molecule is Cc1cc(Br)cc2c1N(CC1CCCCO1)C(=O)C2=O. The van der Waals surface area contributed by atoms with Crippen LogP contribution in [0.15, 0.2) is 16.6 Å². The van der Waals surface area contributed by atoms with Gasteiger partial charge >= 0.3 is 0 Å². The van der Waals surface area contributed by atoms with Gasteiger partial charge in [0.05, 0.1) is 23.9 Å². The Morgan fingerprint density at radius 3 is 2.85 bits per heavy atom. The zero-order chi connectivity index (χ0) is 14.3. The fraction of sp³-hybridized carbons (Fsp3) is 0.467. The predicted molar refractivity (Wildman–Crippen MR) is 79.2 cm³/mol. The minimum atomic E-state index is -0.435. The number of Topliss-reactive ketones (excluding diaryl/α,β-unsaturated/α-hetero) is 1. The van der Waals surface area contributed by atoms with E-state index in [-0.39, 0.29) is 6.10 Å². The molecule has 3 rings (SSSR count). The summed E-state index contributed by atoms with van der Waals surface area (Å²) in [6, 6.07) is 3.66. The molecule has 0 aliphatic carbocycles. The molecule has 1 aromatic carbocycles. The number of ketones is 1. The van der Waals surface area contributed by atoms with Crippen molar-refractivity contribution in [1.29, 1.82) is 0 Å². The van der Waals surface area contributed by atoms with E-state index in [1.807, 2.05) is 13.0 Å². The van der Waals surface area contributed by atoms with Crippen LogP contribution in [0.1, 0.15) is 35.2 Å². The number of carbonyl (C=O) groups is 2. The van der Waals surface area contributed by atoms with Gasteiger partial charge in [-0.15, -0.1) is 0 Å². The van der Waals surface area contributed by atoms with Gasteiger partial charge in [-0.3, -0.25) is 9.59 Å². The van der Waals surface area contributed by atoms with E-state index >= 15 is 0 Å². The normalized spacial score (nSPS) is 22.3. The average Bonchev–Trinajstić information content (AvgIpc) is 2.65. The molecule has 0 saturated carbocycles. The molecule has 2 aliphatic heterocycles. The number of benzene rings is 1. The van der Waals surface area contributed by atoms with E-state index < -0.39 is 11.7 Å². The summed E-state index contributed by atoms with van der Waals surface area (Å²) in [6.07, 6.45) is 3.18. The van der Waals surface area contributed by atoms with Crippen molar-refractivity contribution in [2.45, 2.75) is 32.3 Å². The van der Waals surface area contributed by atoms with E-state index in [1.54, 1.807) is 11.0 Å². The molecule has 0 aromatic heterocycles. The fourth-order valence-corrected chi connectivity index (χ4v) is 3.51. The van der Waals surface area contributed by atoms with Crippen molar-refractivity contribution in [1.82, 2.24) is 0 Å². The number of fused-ring (bicyclic) bond motifs is 1. The Morgan fingerprint density at radius 1 is 1.35 bits per heavy atom. The Morgan fingerprint density at radius 2 is 2.15 bits per heavy atom. The van der Waals surface area contributed by atoms with Gasteiger partial charge in [-0.05, 0) is 43.9 Å². The molecule has 1 unspecified atom stereocenters. The molecule has 20 heavy (non-hydrogen) atoms. The second-order valence-electron chi connectivity index (χ2n) is 5.35. The first kappa shape index (κ1) is 13.8. The average molecular weight is 338 g/mol. The maximum Gasteiger partial charge on any atom is 0.299 e. The molecule has 1 fully saturated rings. The molecule has 0 spiro atoms. The highest BCUT2D eigenvalue weighted by Crippen LogP contribution is 2.35. The lowest BCUT2D eigenvalue weighted by Gasteiger charge is -2.28. The first-order chi connectivity index (χ1) is 9.58. The Bertz CT molecular complexity index is 579. The predicted octanol–water partition coefficient (Wildman–Crippen LogP) is 2.86. The van der Waals surface area contributed by atoms with Crippen molar-refractivity contribution in [2.24, 2.45) is 0 Å². The monoisotopic (exact) mass is 337 g/mol. The topological polar surface area (TPSA) is 46.6 Å². The number of amides is 1. The van der Waals surface area contributed by atoms with E-state index in [0.717, 1.165) is 41.6 Å². The second-order valence-corrected chi connectivity index (χ2v) is 6.27. The summed E-state index contributed by atoms with van der Waals surface area (Å²) in [5, 5.41) is 0. The summed E-state index contributed by atoms with van der Waals surface area (Å²) in [5.41, 5.74) is 2.18. The van der Waals surface area contributed by atoms with E-state index in [2.05, 4.69) is 15.9 Å². The third-order valence-corrected chi connectivity index (χ3v) is 4.34. The zero-order valence-corrected chi connectivity index (χ0v) is 12.9. The van der Waals surface area contributed by atoms with Crippen molar-refractivity contribution >= 4 is 33.3 Å². The lowest BCUT2D eigenvalue weighted by molar-refractivity contribution is -0.114. The first-order valence-corrected chi connectivity index (χ1v) is 7.65. The molecule has 1 saturated heterocycles. The molecule has 4 nitrogen and oxygen atoms in total. The van der Waals surface area contributed by atoms with Crippen molar-refractivity contribution in [2.75, 3.05) is 18.1 Å². The molecule has 1 aromatic rings. The van der Waals surface area contributed by atoms with Gasteiger partial charge in [0.15, 0.2) is 0 Å². The molecule has 2 heterocycles. The minimum Gasteiger partial charge on any atom is -0.376 e. The largest absolute Gasteiger partial charge is 0.376 e. The van der Waals surface area contributed by atoms with Gasteiger partial charge in [-0.2, -0.15) is 0 Å². The van der Waals surface area contributed by atoms with E-state index in [9.17, 15) is 9.59 Å². The second kappa shape index (κ2) is 5.30. The molecular weight excluding hydrogens is 322 g/mol. The Labute approximate surface area is 126 Å². The van der Waals surface area contributed by atoms with Crippen molar-refractivity contribution < 1.29 is 14.3 Å². The van der Waals surface area contributed by atoms with Gasteiger partial charge < -0.3 is 9.64 Å². The molecule has 1 amide bonds. The number of nitrogens with zero attached hydrogens (tertiary/aromatic N) is 1. The van der Waals surface area contributed by atoms with Crippen LogP contribution in [0.25, 0.3) is 0 Å². The third-order valence-electron chi connectivity index (χ3n) is 3.88. The number of hydrogen-bond acceptors (Lipinski definition) is 3. The molecule has 1 atom stereocenters. The molecule has 2 aliphatic rings. The van der Waals surface area contributed by atoms with Crippen molar-refractivity contribution in [3.63, 3.8) is 0 Å². The van der Waals surface area contributed by atoms with Gasteiger partial charge in [0.25, 0.3) is 11.7 Å². The van der Waals surface area contributed by atoms with Crippen LogP contribution in [0.3, 0.4) is 0 Å². The smallest absolute Gasteiger partial charge is 0.299 e. The van der Waals surface area contributed by atoms with Crippen LogP contribution in [0, 0.1) is 6.92 Å². The lowest BCUT2D eigenvalue weighted by atomic mass is 10.1. The van der Waals surface area contributed by atoms with Gasteiger partial charge in [0.1, 0.15) is 0 Å². The summed E-state index contributed by atoms with van der Waals surface area (Å²) >= 11 is 3.37. The van der Waals surface area contributed by atoms with E-state index in [4.69, 9.17) is 4.74 Å². The quantitative estimate of drug-likeness (QED) is 0.779. The van der Waals surface area contributed by atoms with Gasteiger partial charge in [-0.25, -0.2) is 0 Å². The number of aryl methyl sites for hydroxylation is 1. The van der Waals surface area contributed by atoms with Crippen molar-refractivity contribution in [3.05, 3.63) is 27.7 Å². The molecule has 5 heteroatoms. The van der Waals surface area contributed by atoms with E-state index in [0.29, 0.717) is 12.1 Å². The number of ether oxygens (including phenoxy) is 1. The van der Waals surface area contributed by atoms with Crippen LogP contribution in [-0.4, -0.2) is 30.9 Å². The molecule has 106 valence electrons. The standard InChI is InChI=1S/C15H16BrNO3/c1-9-6-10(16)7-12-13(9)17(15(19)14(12)18)8-11-4-2-3-5-20-11/h6-7,11H,2-5,8H2,1H3. The van der Waals surface area contributed by atoms with Crippen LogP contribution >= 0.6 is 15.9 Å². The van der Waals surface area contributed by atoms with Crippen LogP contribution in [0.4, 0.5) is 5.69 Å². The van der Waals surface area contributed by atoms with Crippen LogP contribution in [-0.2, 0) is 9.53 Å². The third kappa shape index (κ3) is 2.29. The number of halogens is 1. The van der Waals surface area contributed by atoms with Crippen molar-refractivity contribution in [3.8, 4) is 0 Å². The number of hydrogen-bond donors (Lipinski definition) is 0. The maximum absolute atomic E-state index is 12.2. The first-order valence-electron chi connectivity index (χ1n) is 6.86. The fourth-order valence-electron chi connectivity index (χ4n) is 2.94. The molecule has 0 bridgehead atoms. The minimum absolute atomic E-state index is 0.0366. The maximum atomic E-state index is 12.2. The van der Waals surface area contributed by atoms with Crippen LogP contribution < -0.4 is 4.90 Å². The lowest BCUT2D eigenvalue weighted by Crippen LogP contribution is -2.39. The molecular formula is C15H16BrNO3. The van der Waals surface area contributed by atoms with Gasteiger partial charge in [-0.1, -0.05) is 15.9 Å². The summed E-state index contributed by atoms with van der Waals surface area (Å²) in [5.74, 6) is -0.851. The summed E-state index contributed by atoms with van der Waals surface area (Å²) in [6.45, 7) is 3.14. The Kier molecular flexibility index (Phi) is 3.65. The highest BCUT2D eigenvalue weighted by Gasteiger charge is 2.38. The van der Waals surface area contributed by atoms with Gasteiger partial charge in [0.2, 0.25) is 0 Å². The van der Waals surface area contributed by atoms with Crippen LogP contribution in [0.2, 0.25) is 0 Å². The Balaban J connectivity index is 1.93. The van der Waals surface area contributed by atoms with Gasteiger partial charge in [0, 0.05) is 11.1 Å². The number of carbonyl (C=O) groups excluding carboxylic acids is 2. The Hall–Kier alpha value is -1.20.